The number of rotatable bonds is 4. The molecule has 1 aromatic rings. The molecule has 4 heteroatoms. The lowest BCUT2D eigenvalue weighted by molar-refractivity contribution is 0.521. The Hall–Kier alpha value is -0.900. The fraction of sp³-hybridized carbons (Fsp3) is 0.778. The fourth-order valence-electron chi connectivity index (χ4n) is 1.16. The third-order valence-electron chi connectivity index (χ3n) is 2.21. The van der Waals surface area contributed by atoms with E-state index < -0.39 is 0 Å². The van der Waals surface area contributed by atoms with Gasteiger partial charge in [-0.1, -0.05) is 0 Å². The van der Waals surface area contributed by atoms with Gasteiger partial charge in [0.25, 0.3) is 0 Å². The maximum absolute atomic E-state index is 4.35. The van der Waals surface area contributed by atoms with Crippen LogP contribution in [-0.2, 0) is 6.54 Å². The zero-order valence-corrected chi connectivity index (χ0v) is 8.20. The smallest absolute Gasteiger partial charge is 0.164 e. The van der Waals surface area contributed by atoms with Crippen LogP contribution in [0.2, 0.25) is 0 Å². The van der Waals surface area contributed by atoms with E-state index in [2.05, 4.69) is 29.2 Å². The highest BCUT2D eigenvalue weighted by Crippen LogP contribution is 2.18. The number of nitrogens with zero attached hydrogens (tertiary/aromatic N) is 3. The Morgan fingerprint density at radius 1 is 1.62 bits per heavy atom. The topological polar surface area (TPSA) is 42.7 Å². The van der Waals surface area contributed by atoms with Gasteiger partial charge < -0.3 is 5.32 Å². The van der Waals surface area contributed by atoms with Gasteiger partial charge in [0.2, 0.25) is 0 Å². The third kappa shape index (κ3) is 2.28. The van der Waals surface area contributed by atoms with E-state index in [-0.39, 0.29) is 0 Å². The van der Waals surface area contributed by atoms with Crippen LogP contribution in [0.1, 0.15) is 38.6 Å². The van der Waals surface area contributed by atoms with Crippen LogP contribution in [-0.4, -0.2) is 20.8 Å². The van der Waals surface area contributed by atoms with Crippen molar-refractivity contribution in [3.8, 4) is 0 Å². The lowest BCUT2D eigenvalue weighted by atomic mass is 10.4. The highest BCUT2D eigenvalue weighted by atomic mass is 15.3. The average molecular weight is 180 g/mol. The molecule has 0 bridgehead atoms. The first-order valence-corrected chi connectivity index (χ1v) is 4.89. The van der Waals surface area contributed by atoms with Crippen LogP contribution in [0.25, 0.3) is 0 Å². The Morgan fingerprint density at radius 3 is 2.92 bits per heavy atom. The number of hydrogen-bond acceptors (Lipinski definition) is 3. The van der Waals surface area contributed by atoms with Crippen molar-refractivity contribution in [3.63, 3.8) is 0 Å². The summed E-state index contributed by atoms with van der Waals surface area (Å²) in [7, 11) is 0. The van der Waals surface area contributed by atoms with E-state index >= 15 is 0 Å². The second kappa shape index (κ2) is 3.46. The van der Waals surface area contributed by atoms with Crippen molar-refractivity contribution >= 4 is 0 Å². The molecular weight excluding hydrogens is 164 g/mol. The summed E-state index contributed by atoms with van der Waals surface area (Å²) in [5.41, 5.74) is 0. The monoisotopic (exact) mass is 180 g/mol. The summed E-state index contributed by atoms with van der Waals surface area (Å²) in [5.74, 6) is 0.903. The van der Waals surface area contributed by atoms with Crippen molar-refractivity contribution in [3.05, 3.63) is 12.2 Å². The Labute approximate surface area is 78.4 Å². The molecule has 1 aliphatic rings. The van der Waals surface area contributed by atoms with Gasteiger partial charge in [-0.2, -0.15) is 5.10 Å². The third-order valence-corrected chi connectivity index (χ3v) is 2.21. The summed E-state index contributed by atoms with van der Waals surface area (Å²) in [6, 6.07) is 1.13. The molecule has 0 unspecified atom stereocenters. The maximum Gasteiger partial charge on any atom is 0.164 e. The molecule has 0 aliphatic heterocycles. The normalized spacial score (nSPS) is 16.8. The van der Waals surface area contributed by atoms with Crippen LogP contribution in [0.3, 0.4) is 0 Å². The van der Waals surface area contributed by atoms with E-state index in [0.29, 0.717) is 6.04 Å². The quantitative estimate of drug-likeness (QED) is 0.754. The predicted octanol–water partition coefficient (Wildman–Crippen LogP) is 1.11. The molecule has 1 heterocycles. The summed E-state index contributed by atoms with van der Waals surface area (Å²) in [4.78, 5) is 4.23. The van der Waals surface area contributed by atoms with Crippen LogP contribution in [0.5, 0.6) is 0 Å². The Kier molecular flexibility index (Phi) is 2.31. The maximum atomic E-state index is 4.35. The minimum absolute atomic E-state index is 0.405. The van der Waals surface area contributed by atoms with Gasteiger partial charge in [0.15, 0.2) is 5.82 Å². The van der Waals surface area contributed by atoms with Crippen LogP contribution >= 0.6 is 0 Å². The van der Waals surface area contributed by atoms with Crippen LogP contribution in [0.4, 0.5) is 0 Å². The van der Waals surface area contributed by atoms with E-state index in [9.17, 15) is 0 Å². The minimum atomic E-state index is 0.405. The zero-order chi connectivity index (χ0) is 9.26. The van der Waals surface area contributed by atoms with Gasteiger partial charge in [-0.3, -0.25) is 4.68 Å². The van der Waals surface area contributed by atoms with E-state index in [1.165, 1.54) is 12.8 Å². The Balaban J connectivity index is 1.88. The minimum Gasteiger partial charge on any atom is -0.307 e. The van der Waals surface area contributed by atoms with Crippen LogP contribution < -0.4 is 5.32 Å². The van der Waals surface area contributed by atoms with Gasteiger partial charge in [0.05, 0.1) is 6.54 Å². The first-order valence-electron chi connectivity index (χ1n) is 4.89. The first kappa shape index (κ1) is 8.69. The number of nitrogens with one attached hydrogen (secondary N) is 1. The van der Waals surface area contributed by atoms with Crippen LogP contribution in [0, 0.1) is 0 Å². The molecule has 0 saturated heterocycles. The highest BCUT2D eigenvalue weighted by molar-refractivity contribution is 4.87. The molecule has 0 amide bonds. The molecule has 0 atom stereocenters. The second-order valence-electron chi connectivity index (χ2n) is 3.89. The lowest BCUT2D eigenvalue weighted by Gasteiger charge is -2.02. The first-order chi connectivity index (χ1) is 6.25. The second-order valence-corrected chi connectivity index (χ2v) is 3.89. The molecule has 1 aliphatic carbocycles. The standard InChI is InChI=1S/C9H16N4/c1-7(2)13-6-11-9(12-13)5-10-8-3-4-8/h6-8,10H,3-5H2,1-2H3. The van der Waals surface area contributed by atoms with Gasteiger partial charge in [-0.15, -0.1) is 0 Å². The summed E-state index contributed by atoms with van der Waals surface area (Å²) >= 11 is 0. The van der Waals surface area contributed by atoms with Gasteiger partial charge in [0, 0.05) is 12.1 Å². The zero-order valence-electron chi connectivity index (χ0n) is 8.20. The van der Waals surface area contributed by atoms with Gasteiger partial charge in [-0.05, 0) is 26.7 Å². The van der Waals surface area contributed by atoms with Crippen molar-refractivity contribution < 1.29 is 0 Å². The van der Waals surface area contributed by atoms with Gasteiger partial charge in [0.1, 0.15) is 6.33 Å². The number of hydrogen-bond donors (Lipinski definition) is 1. The molecule has 1 fully saturated rings. The molecule has 0 spiro atoms. The average Bonchev–Trinajstić information content (AvgIpc) is 2.79. The van der Waals surface area contributed by atoms with Crippen LogP contribution in [0.15, 0.2) is 6.33 Å². The summed E-state index contributed by atoms with van der Waals surface area (Å²) in [6.45, 7) is 5.02. The molecule has 0 radical (unpaired) electrons. The summed E-state index contributed by atoms with van der Waals surface area (Å²) in [6.07, 6.45) is 4.42. The van der Waals surface area contributed by atoms with Gasteiger partial charge in [-0.25, -0.2) is 4.98 Å². The Morgan fingerprint density at radius 2 is 2.38 bits per heavy atom. The van der Waals surface area contributed by atoms with Crippen molar-refractivity contribution in [1.29, 1.82) is 0 Å². The molecule has 0 aromatic carbocycles. The summed E-state index contributed by atoms with van der Waals surface area (Å²) < 4.78 is 1.89. The highest BCUT2D eigenvalue weighted by Gasteiger charge is 2.20. The molecule has 4 nitrogen and oxygen atoms in total. The largest absolute Gasteiger partial charge is 0.307 e. The van der Waals surface area contributed by atoms with Crippen molar-refractivity contribution in [2.75, 3.05) is 0 Å². The molecule has 1 N–H and O–H groups in total. The molecule has 1 saturated carbocycles. The van der Waals surface area contributed by atoms with E-state index in [0.717, 1.165) is 18.4 Å². The molecule has 72 valence electrons. The SMILES string of the molecule is CC(C)n1cnc(CNC2CC2)n1. The molecule has 2 rings (SSSR count). The predicted molar refractivity (Wildman–Crippen MR) is 50.3 cm³/mol. The van der Waals surface area contributed by atoms with Crippen molar-refractivity contribution in [1.82, 2.24) is 20.1 Å². The molecule has 13 heavy (non-hydrogen) atoms. The molecular formula is C9H16N4. The lowest BCUT2D eigenvalue weighted by Crippen LogP contribution is -2.16. The number of aromatic nitrogens is 3. The van der Waals surface area contributed by atoms with Gasteiger partial charge >= 0.3 is 0 Å². The fourth-order valence-corrected chi connectivity index (χ4v) is 1.16. The van der Waals surface area contributed by atoms with Crippen molar-refractivity contribution in [2.24, 2.45) is 0 Å². The van der Waals surface area contributed by atoms with E-state index in [4.69, 9.17) is 0 Å². The van der Waals surface area contributed by atoms with E-state index in [1.54, 1.807) is 6.33 Å². The Bertz CT molecular complexity index is 275. The van der Waals surface area contributed by atoms with Crippen molar-refractivity contribution in [2.45, 2.75) is 45.3 Å². The molecule has 1 aromatic heterocycles. The van der Waals surface area contributed by atoms with E-state index in [1.807, 2.05) is 4.68 Å². The summed E-state index contributed by atoms with van der Waals surface area (Å²) in [5, 5.41) is 7.74.